The molecule has 0 radical (unpaired) electrons. The number of halogens is 1. The van der Waals surface area contributed by atoms with E-state index in [2.05, 4.69) is 0 Å². The van der Waals surface area contributed by atoms with Crippen molar-refractivity contribution in [1.29, 1.82) is 0 Å². The number of amides is 2. The number of carbonyl (C=O) groups is 2. The lowest BCUT2D eigenvalue weighted by molar-refractivity contribution is -0.125. The standard InChI is InChI=1S/C28H21FN2O5/c1-30-21-6-4-3-5-20(21)28(27(30)34)23-24(32)19-15-17(29)9-12-22(19)36-25(23)26(33)31(28)14-13-16-7-10-18(35-2)11-8-16/h3-12,15H,13-14H2,1-2H3. The summed E-state index contributed by atoms with van der Waals surface area (Å²) in [5.74, 6) is -1.09. The molecule has 36 heavy (non-hydrogen) atoms. The Morgan fingerprint density at radius 1 is 1.00 bits per heavy atom. The van der Waals surface area contributed by atoms with Crippen molar-refractivity contribution in [2.75, 3.05) is 25.6 Å². The largest absolute Gasteiger partial charge is 0.497 e. The Balaban J connectivity index is 1.58. The highest BCUT2D eigenvalue weighted by molar-refractivity contribution is 6.16. The number of hydrogen-bond donors (Lipinski definition) is 0. The Hall–Kier alpha value is -4.46. The van der Waals surface area contributed by atoms with E-state index < -0.39 is 28.6 Å². The summed E-state index contributed by atoms with van der Waals surface area (Å²) in [7, 11) is 3.20. The number of benzene rings is 3. The van der Waals surface area contributed by atoms with Gasteiger partial charge in [-0.3, -0.25) is 14.4 Å². The summed E-state index contributed by atoms with van der Waals surface area (Å²) in [6.07, 6.45) is 0.424. The van der Waals surface area contributed by atoms with Crippen LogP contribution in [-0.4, -0.2) is 37.4 Å². The van der Waals surface area contributed by atoms with Crippen molar-refractivity contribution in [1.82, 2.24) is 4.90 Å². The predicted molar refractivity (Wildman–Crippen MR) is 131 cm³/mol. The number of hydrogen-bond acceptors (Lipinski definition) is 5. The number of rotatable bonds is 4. The van der Waals surface area contributed by atoms with Crippen LogP contribution < -0.4 is 15.1 Å². The van der Waals surface area contributed by atoms with Crippen molar-refractivity contribution >= 4 is 28.5 Å². The van der Waals surface area contributed by atoms with Gasteiger partial charge in [0, 0.05) is 24.8 Å². The third kappa shape index (κ3) is 2.81. The van der Waals surface area contributed by atoms with E-state index in [1.165, 1.54) is 15.9 Å². The molecule has 0 aliphatic carbocycles. The van der Waals surface area contributed by atoms with Crippen LogP contribution in [0.4, 0.5) is 10.1 Å². The molecule has 0 N–H and O–H groups in total. The molecule has 1 aromatic heterocycles. The van der Waals surface area contributed by atoms with Gasteiger partial charge in [-0.05, 0) is 48.4 Å². The minimum Gasteiger partial charge on any atom is -0.497 e. The van der Waals surface area contributed by atoms with Gasteiger partial charge in [0.05, 0.1) is 18.1 Å². The van der Waals surface area contributed by atoms with Gasteiger partial charge in [0.15, 0.2) is 11.0 Å². The van der Waals surface area contributed by atoms with E-state index in [0.29, 0.717) is 23.4 Å². The summed E-state index contributed by atoms with van der Waals surface area (Å²) < 4.78 is 25.2. The number of fused-ring (bicyclic) bond motifs is 5. The van der Waals surface area contributed by atoms with Gasteiger partial charge in [-0.15, -0.1) is 0 Å². The zero-order valence-electron chi connectivity index (χ0n) is 19.6. The average Bonchev–Trinajstić information content (AvgIpc) is 3.28. The highest BCUT2D eigenvalue weighted by Gasteiger charge is 2.64. The molecule has 1 unspecified atom stereocenters. The molecule has 1 spiro atoms. The van der Waals surface area contributed by atoms with Gasteiger partial charge >= 0.3 is 0 Å². The number of carbonyl (C=O) groups excluding carboxylic acids is 2. The molecule has 7 nitrogen and oxygen atoms in total. The fourth-order valence-corrected chi connectivity index (χ4v) is 5.40. The summed E-state index contributed by atoms with van der Waals surface area (Å²) in [4.78, 5) is 44.6. The first-order valence-corrected chi connectivity index (χ1v) is 11.5. The Kier molecular flexibility index (Phi) is 4.76. The van der Waals surface area contributed by atoms with Crippen molar-refractivity contribution in [3.05, 3.63) is 105 Å². The van der Waals surface area contributed by atoms with Gasteiger partial charge in [-0.25, -0.2) is 4.39 Å². The van der Waals surface area contributed by atoms with E-state index in [-0.39, 0.29) is 28.8 Å². The maximum atomic E-state index is 14.1. The normalized spacial score (nSPS) is 18.3. The second kappa shape index (κ2) is 7.78. The van der Waals surface area contributed by atoms with Crippen LogP contribution in [0.3, 0.4) is 0 Å². The Morgan fingerprint density at radius 3 is 2.50 bits per heavy atom. The van der Waals surface area contributed by atoms with Crippen LogP contribution in [0.15, 0.2) is 75.9 Å². The lowest BCUT2D eigenvalue weighted by atomic mass is 9.84. The molecule has 180 valence electrons. The molecule has 6 rings (SSSR count). The van der Waals surface area contributed by atoms with E-state index in [0.717, 1.165) is 17.7 Å². The Morgan fingerprint density at radius 2 is 1.75 bits per heavy atom. The van der Waals surface area contributed by atoms with E-state index in [9.17, 15) is 18.8 Å². The van der Waals surface area contributed by atoms with Crippen molar-refractivity contribution in [3.8, 4) is 5.75 Å². The average molecular weight is 484 g/mol. The molecule has 3 heterocycles. The number of ether oxygens (including phenoxy) is 1. The minimum absolute atomic E-state index is 0.0160. The Labute approximate surface area is 205 Å². The maximum Gasteiger partial charge on any atom is 0.291 e. The second-order valence-corrected chi connectivity index (χ2v) is 8.92. The number of likely N-dealkylation sites (N-methyl/N-ethyl adjacent to an activating group) is 1. The fourth-order valence-electron chi connectivity index (χ4n) is 5.40. The van der Waals surface area contributed by atoms with Gasteiger partial charge in [0.1, 0.15) is 17.1 Å². The molecule has 1 atom stereocenters. The molecule has 2 aliphatic heterocycles. The lowest BCUT2D eigenvalue weighted by Crippen LogP contribution is -2.53. The summed E-state index contributed by atoms with van der Waals surface area (Å²) in [6, 6.07) is 18.0. The van der Waals surface area contributed by atoms with E-state index in [1.54, 1.807) is 38.4 Å². The van der Waals surface area contributed by atoms with Gasteiger partial charge in [0.2, 0.25) is 5.76 Å². The number of para-hydroxylation sites is 1. The first-order valence-electron chi connectivity index (χ1n) is 11.5. The molecule has 3 aromatic carbocycles. The molecular weight excluding hydrogens is 463 g/mol. The van der Waals surface area contributed by atoms with Crippen molar-refractivity contribution in [3.63, 3.8) is 0 Å². The smallest absolute Gasteiger partial charge is 0.291 e. The zero-order valence-corrected chi connectivity index (χ0v) is 19.6. The maximum absolute atomic E-state index is 14.1. The molecule has 8 heteroatoms. The monoisotopic (exact) mass is 484 g/mol. The van der Waals surface area contributed by atoms with Crippen molar-refractivity contribution < 1.29 is 23.1 Å². The molecule has 0 fully saturated rings. The predicted octanol–water partition coefficient (Wildman–Crippen LogP) is 3.86. The molecule has 0 bridgehead atoms. The molecule has 0 saturated carbocycles. The van der Waals surface area contributed by atoms with Gasteiger partial charge in [0.25, 0.3) is 11.8 Å². The van der Waals surface area contributed by atoms with Crippen LogP contribution in [0.1, 0.15) is 27.2 Å². The quantitative estimate of drug-likeness (QED) is 0.440. The van der Waals surface area contributed by atoms with Gasteiger partial charge in [-0.2, -0.15) is 0 Å². The van der Waals surface area contributed by atoms with Crippen LogP contribution in [0.25, 0.3) is 11.0 Å². The fraction of sp³-hybridized carbons (Fsp3) is 0.179. The third-order valence-corrected chi connectivity index (χ3v) is 7.11. The number of anilines is 1. The highest BCUT2D eigenvalue weighted by Crippen LogP contribution is 2.52. The summed E-state index contributed by atoms with van der Waals surface area (Å²) in [5.41, 5.74) is -0.239. The van der Waals surface area contributed by atoms with E-state index >= 15 is 0 Å². The lowest BCUT2D eigenvalue weighted by Gasteiger charge is -2.34. The summed E-state index contributed by atoms with van der Waals surface area (Å²) in [6.45, 7) is 0.146. The highest BCUT2D eigenvalue weighted by atomic mass is 19.1. The van der Waals surface area contributed by atoms with Crippen LogP contribution in [-0.2, 0) is 16.8 Å². The summed E-state index contributed by atoms with van der Waals surface area (Å²) in [5, 5.41) is -0.0160. The second-order valence-electron chi connectivity index (χ2n) is 8.92. The van der Waals surface area contributed by atoms with Crippen molar-refractivity contribution in [2.24, 2.45) is 0 Å². The first-order chi connectivity index (χ1) is 17.4. The van der Waals surface area contributed by atoms with E-state index in [1.807, 2.05) is 24.3 Å². The van der Waals surface area contributed by atoms with Crippen molar-refractivity contribution in [2.45, 2.75) is 12.0 Å². The van der Waals surface area contributed by atoms with Crippen LogP contribution >= 0.6 is 0 Å². The SMILES string of the molecule is COc1ccc(CCN2C(=O)c3oc4ccc(F)cc4c(=O)c3C23C(=O)N(C)c2ccccc23)cc1. The van der Waals surface area contributed by atoms with Gasteiger partial charge < -0.3 is 19.0 Å². The zero-order chi connectivity index (χ0) is 25.2. The molecule has 4 aromatic rings. The minimum atomic E-state index is -1.70. The van der Waals surface area contributed by atoms with Crippen LogP contribution in [0.2, 0.25) is 0 Å². The molecule has 2 amide bonds. The summed E-state index contributed by atoms with van der Waals surface area (Å²) >= 11 is 0. The first kappa shape index (κ1) is 22.0. The van der Waals surface area contributed by atoms with Crippen LogP contribution in [0, 0.1) is 5.82 Å². The molecule has 2 aliphatic rings. The molecular formula is C28H21FN2O5. The van der Waals surface area contributed by atoms with E-state index in [4.69, 9.17) is 9.15 Å². The van der Waals surface area contributed by atoms with Crippen LogP contribution in [0.5, 0.6) is 5.75 Å². The molecule has 0 saturated heterocycles. The topological polar surface area (TPSA) is 80.1 Å². The number of methoxy groups -OCH3 is 1. The third-order valence-electron chi connectivity index (χ3n) is 7.11. The Bertz CT molecular complexity index is 1630. The van der Waals surface area contributed by atoms with Gasteiger partial charge in [-0.1, -0.05) is 30.3 Å². The number of nitrogens with zero attached hydrogens (tertiary/aromatic N) is 2.